The van der Waals surface area contributed by atoms with Crippen LogP contribution < -0.4 is 5.56 Å². The van der Waals surface area contributed by atoms with Gasteiger partial charge in [0, 0.05) is 19.0 Å². The van der Waals surface area contributed by atoms with Crippen LogP contribution in [0, 0.1) is 5.92 Å². The molecule has 1 aromatic rings. The maximum atomic E-state index is 12.7. The molecule has 1 atom stereocenters. The van der Waals surface area contributed by atoms with Gasteiger partial charge in [0.05, 0.1) is 12.8 Å². The first kappa shape index (κ1) is 18.1. The second kappa shape index (κ2) is 7.68. The third-order valence-corrected chi connectivity index (χ3v) is 5.16. The van der Waals surface area contributed by atoms with E-state index in [9.17, 15) is 9.59 Å². The van der Waals surface area contributed by atoms with Crippen LogP contribution in [0.15, 0.2) is 10.9 Å². The van der Waals surface area contributed by atoms with Crippen molar-refractivity contribution in [2.45, 2.75) is 57.9 Å². The number of methoxy groups -OCH3 is 1. The van der Waals surface area contributed by atoms with Crippen molar-refractivity contribution in [2.24, 2.45) is 5.92 Å². The number of ether oxygens (including phenoxy) is 1. The van der Waals surface area contributed by atoms with Crippen LogP contribution in [-0.4, -0.2) is 47.4 Å². The average Bonchev–Trinajstić information content (AvgIpc) is 3.36. The van der Waals surface area contributed by atoms with Crippen LogP contribution in [0.25, 0.3) is 0 Å². The molecule has 2 heterocycles. The van der Waals surface area contributed by atoms with Gasteiger partial charge in [-0.2, -0.15) is 5.10 Å². The Kier molecular flexibility index (Phi) is 5.57. The number of carbonyl (C=O) groups is 1. The maximum Gasteiger partial charge on any atom is 0.330 e. The Bertz CT molecular complexity index is 675. The van der Waals surface area contributed by atoms with Gasteiger partial charge in [0.25, 0.3) is 5.56 Å². The largest absolute Gasteiger partial charge is 0.467 e. The molecule has 1 aliphatic heterocycles. The second-order valence-corrected chi connectivity index (χ2v) is 7.72. The lowest BCUT2D eigenvalue weighted by molar-refractivity contribution is -0.145. The average molecular weight is 347 g/mol. The topological polar surface area (TPSA) is 64.4 Å². The molecule has 3 rings (SSSR count). The Hall–Kier alpha value is -1.69. The van der Waals surface area contributed by atoms with Gasteiger partial charge in [0.1, 0.15) is 0 Å². The van der Waals surface area contributed by atoms with Gasteiger partial charge in [-0.1, -0.05) is 13.8 Å². The molecule has 0 N–H and O–H groups in total. The van der Waals surface area contributed by atoms with Crippen molar-refractivity contribution in [2.75, 3.05) is 26.7 Å². The highest BCUT2D eigenvalue weighted by Gasteiger charge is 2.31. The molecule has 0 radical (unpaired) electrons. The van der Waals surface area contributed by atoms with Crippen molar-refractivity contribution in [3.05, 3.63) is 27.7 Å². The van der Waals surface area contributed by atoms with E-state index in [4.69, 9.17) is 4.74 Å². The highest BCUT2D eigenvalue weighted by atomic mass is 16.5. The zero-order chi connectivity index (χ0) is 18.0. The molecule has 2 fully saturated rings. The lowest BCUT2D eigenvalue weighted by Gasteiger charge is -2.30. The van der Waals surface area contributed by atoms with Crippen LogP contribution in [0.3, 0.4) is 0 Å². The van der Waals surface area contributed by atoms with Crippen molar-refractivity contribution in [3.8, 4) is 0 Å². The molecule has 25 heavy (non-hydrogen) atoms. The summed E-state index contributed by atoms with van der Waals surface area (Å²) in [7, 11) is 1.37. The minimum absolute atomic E-state index is 0.189. The predicted molar refractivity (Wildman–Crippen MR) is 95.7 cm³/mol. The van der Waals surface area contributed by atoms with Gasteiger partial charge in [-0.15, -0.1) is 0 Å². The predicted octanol–water partition coefficient (Wildman–Crippen LogP) is 2.13. The minimum Gasteiger partial charge on any atom is -0.467 e. The number of aromatic nitrogens is 2. The molecule has 2 aliphatic rings. The van der Waals surface area contributed by atoms with Gasteiger partial charge < -0.3 is 9.64 Å². The van der Waals surface area contributed by atoms with E-state index in [2.05, 4.69) is 10.00 Å². The van der Waals surface area contributed by atoms with Crippen LogP contribution in [0.4, 0.5) is 0 Å². The third-order valence-electron chi connectivity index (χ3n) is 5.16. The zero-order valence-electron chi connectivity index (χ0n) is 15.5. The van der Waals surface area contributed by atoms with Gasteiger partial charge in [-0.3, -0.25) is 4.79 Å². The zero-order valence-corrected chi connectivity index (χ0v) is 15.5. The number of hydrogen-bond acceptors (Lipinski definition) is 5. The molecule has 138 valence electrons. The molecule has 1 aliphatic carbocycles. The number of rotatable bonds is 8. The lowest BCUT2D eigenvalue weighted by atomic mass is 10.0. The maximum absolute atomic E-state index is 12.7. The molecule has 0 spiro atoms. The van der Waals surface area contributed by atoms with E-state index in [1.165, 1.54) is 18.2 Å². The van der Waals surface area contributed by atoms with Gasteiger partial charge >= 0.3 is 5.97 Å². The summed E-state index contributed by atoms with van der Waals surface area (Å²) in [6, 6.07) is 1.07. The molecule has 0 amide bonds. The number of carbonyl (C=O) groups excluding carboxylic acids is 1. The van der Waals surface area contributed by atoms with Crippen LogP contribution in [-0.2, 0) is 16.0 Å². The van der Waals surface area contributed by atoms with Crippen LogP contribution in [0.5, 0.6) is 0 Å². The normalized spacial score (nSPS) is 18.9. The van der Waals surface area contributed by atoms with Crippen LogP contribution in [0.2, 0.25) is 0 Å². The SMILES string of the molecule is COC(=O)C(CC(C)C)n1nc(CCN2CCC2)c(C2CC2)cc1=O. The van der Waals surface area contributed by atoms with Crippen molar-refractivity contribution >= 4 is 5.97 Å². The van der Waals surface area contributed by atoms with Gasteiger partial charge in [0.15, 0.2) is 6.04 Å². The summed E-state index contributed by atoms with van der Waals surface area (Å²) in [6.45, 7) is 7.33. The summed E-state index contributed by atoms with van der Waals surface area (Å²) < 4.78 is 6.29. The van der Waals surface area contributed by atoms with Crippen molar-refractivity contribution in [1.82, 2.24) is 14.7 Å². The number of likely N-dealkylation sites (tertiary alicyclic amines) is 1. The number of esters is 1. The summed E-state index contributed by atoms with van der Waals surface area (Å²) >= 11 is 0. The molecular weight excluding hydrogens is 318 g/mol. The first-order valence-corrected chi connectivity index (χ1v) is 9.42. The van der Waals surface area contributed by atoms with Gasteiger partial charge in [-0.05, 0) is 56.2 Å². The summed E-state index contributed by atoms with van der Waals surface area (Å²) in [4.78, 5) is 27.3. The van der Waals surface area contributed by atoms with E-state index in [1.807, 2.05) is 13.8 Å². The second-order valence-electron chi connectivity index (χ2n) is 7.72. The monoisotopic (exact) mass is 347 g/mol. The Labute approximate surface area is 149 Å². The van der Waals surface area contributed by atoms with E-state index in [1.54, 1.807) is 6.07 Å². The molecule has 1 unspecified atom stereocenters. The minimum atomic E-state index is -0.645. The smallest absolute Gasteiger partial charge is 0.330 e. The van der Waals surface area contributed by atoms with Crippen molar-refractivity contribution in [3.63, 3.8) is 0 Å². The third kappa shape index (κ3) is 4.29. The fourth-order valence-corrected chi connectivity index (χ4v) is 3.43. The van der Waals surface area contributed by atoms with E-state index in [0.29, 0.717) is 12.3 Å². The fourth-order valence-electron chi connectivity index (χ4n) is 3.43. The van der Waals surface area contributed by atoms with E-state index >= 15 is 0 Å². The first-order valence-electron chi connectivity index (χ1n) is 9.42. The van der Waals surface area contributed by atoms with E-state index < -0.39 is 12.0 Å². The Morgan fingerprint density at radius 3 is 2.60 bits per heavy atom. The molecule has 1 saturated carbocycles. The lowest BCUT2D eigenvalue weighted by Crippen LogP contribution is -2.39. The first-order chi connectivity index (χ1) is 12.0. The molecule has 0 aromatic carbocycles. The summed E-state index contributed by atoms with van der Waals surface area (Å²) in [5.41, 5.74) is 1.88. The quantitative estimate of drug-likeness (QED) is 0.674. The summed E-state index contributed by atoms with van der Waals surface area (Å²) in [5, 5.41) is 4.66. The van der Waals surface area contributed by atoms with E-state index in [0.717, 1.165) is 50.2 Å². The summed E-state index contributed by atoms with van der Waals surface area (Å²) in [5.74, 6) is 0.351. The molecular formula is C19H29N3O3. The number of nitrogens with zero attached hydrogens (tertiary/aromatic N) is 3. The van der Waals surface area contributed by atoms with Crippen LogP contribution in [0.1, 0.15) is 62.7 Å². The molecule has 6 nitrogen and oxygen atoms in total. The van der Waals surface area contributed by atoms with Gasteiger partial charge in [0.2, 0.25) is 0 Å². The Morgan fingerprint density at radius 2 is 2.08 bits per heavy atom. The van der Waals surface area contributed by atoms with Gasteiger partial charge in [-0.25, -0.2) is 9.48 Å². The Balaban J connectivity index is 1.90. The van der Waals surface area contributed by atoms with Crippen molar-refractivity contribution < 1.29 is 9.53 Å². The van der Waals surface area contributed by atoms with E-state index in [-0.39, 0.29) is 11.5 Å². The van der Waals surface area contributed by atoms with Crippen molar-refractivity contribution in [1.29, 1.82) is 0 Å². The molecule has 0 bridgehead atoms. The highest BCUT2D eigenvalue weighted by molar-refractivity contribution is 5.73. The summed E-state index contributed by atoms with van der Waals surface area (Å²) in [6.07, 6.45) is 4.92. The standard InChI is InChI=1S/C19H29N3O3/c1-13(2)11-17(19(24)25-3)22-18(23)12-15(14-5-6-14)16(20-22)7-10-21-8-4-9-21/h12-14,17H,4-11H2,1-3H3. The number of hydrogen-bond donors (Lipinski definition) is 0. The van der Waals surface area contributed by atoms with Crippen LogP contribution >= 0.6 is 0 Å². The highest BCUT2D eigenvalue weighted by Crippen LogP contribution is 2.41. The fraction of sp³-hybridized carbons (Fsp3) is 0.737. The Morgan fingerprint density at radius 1 is 1.36 bits per heavy atom. The molecule has 1 saturated heterocycles. The molecule has 1 aromatic heterocycles. The molecule has 6 heteroatoms.